The highest BCUT2D eigenvalue weighted by atomic mass is 16.5. The number of hydrogen-bond donors (Lipinski definition) is 1. The maximum Gasteiger partial charge on any atom is 0.254 e. The second-order valence-electron chi connectivity index (χ2n) is 6.37. The molecule has 2 saturated heterocycles. The molecule has 2 heterocycles. The van der Waals surface area contributed by atoms with Crippen LogP contribution in [0.1, 0.15) is 23.2 Å². The molecule has 7 heteroatoms. The predicted molar refractivity (Wildman–Crippen MR) is 93.1 cm³/mol. The van der Waals surface area contributed by atoms with Crippen LogP contribution in [0.3, 0.4) is 0 Å². The Morgan fingerprint density at radius 1 is 1.00 bits per heavy atom. The monoisotopic (exact) mass is 347 g/mol. The number of carbonyl (C=O) groups is 2. The van der Waals surface area contributed by atoms with Crippen LogP contribution in [0.2, 0.25) is 0 Å². The number of carbonyl (C=O) groups excluding carboxylic acids is 2. The van der Waals surface area contributed by atoms with Gasteiger partial charge in [0, 0.05) is 37.8 Å². The minimum atomic E-state index is -0.0664. The van der Waals surface area contributed by atoms with Crippen molar-refractivity contribution in [2.75, 3.05) is 46.9 Å². The van der Waals surface area contributed by atoms with Gasteiger partial charge < -0.3 is 24.6 Å². The molecule has 1 atom stereocenters. The summed E-state index contributed by atoms with van der Waals surface area (Å²) in [5.41, 5.74) is 0.536. The number of piperazine rings is 1. The highest BCUT2D eigenvalue weighted by molar-refractivity contribution is 5.95. The zero-order chi connectivity index (χ0) is 17.8. The van der Waals surface area contributed by atoms with Crippen molar-refractivity contribution in [1.29, 1.82) is 0 Å². The van der Waals surface area contributed by atoms with Gasteiger partial charge in [0.1, 0.15) is 11.5 Å². The molecule has 0 saturated carbocycles. The first-order valence-electron chi connectivity index (χ1n) is 8.67. The van der Waals surface area contributed by atoms with Crippen LogP contribution in [0.5, 0.6) is 11.5 Å². The summed E-state index contributed by atoms with van der Waals surface area (Å²) in [5, 5.41) is 3.24. The quantitative estimate of drug-likeness (QED) is 0.870. The fraction of sp³-hybridized carbons (Fsp3) is 0.556. The van der Waals surface area contributed by atoms with E-state index in [2.05, 4.69) is 5.32 Å². The van der Waals surface area contributed by atoms with Crippen LogP contribution in [0.4, 0.5) is 0 Å². The van der Waals surface area contributed by atoms with Gasteiger partial charge in [-0.15, -0.1) is 0 Å². The highest BCUT2D eigenvalue weighted by Crippen LogP contribution is 2.24. The van der Waals surface area contributed by atoms with Gasteiger partial charge in [-0.3, -0.25) is 9.59 Å². The number of nitrogens with one attached hydrogen (secondary N) is 1. The van der Waals surface area contributed by atoms with Gasteiger partial charge in [0.15, 0.2) is 0 Å². The molecule has 3 rings (SSSR count). The van der Waals surface area contributed by atoms with Crippen molar-refractivity contribution in [2.24, 2.45) is 0 Å². The molecule has 7 nitrogen and oxygen atoms in total. The minimum absolute atomic E-state index is 0.0510. The van der Waals surface area contributed by atoms with E-state index in [0.717, 1.165) is 19.4 Å². The van der Waals surface area contributed by atoms with Crippen molar-refractivity contribution >= 4 is 11.8 Å². The van der Waals surface area contributed by atoms with Gasteiger partial charge in [0.25, 0.3) is 5.91 Å². The number of nitrogens with zero attached hydrogens (tertiary/aromatic N) is 2. The van der Waals surface area contributed by atoms with E-state index in [4.69, 9.17) is 9.47 Å². The van der Waals surface area contributed by atoms with E-state index in [9.17, 15) is 9.59 Å². The smallest absolute Gasteiger partial charge is 0.254 e. The zero-order valence-electron chi connectivity index (χ0n) is 14.8. The van der Waals surface area contributed by atoms with Crippen LogP contribution < -0.4 is 14.8 Å². The number of amides is 2. The third-order valence-corrected chi connectivity index (χ3v) is 4.84. The second kappa shape index (κ2) is 7.74. The van der Waals surface area contributed by atoms with Crippen LogP contribution >= 0.6 is 0 Å². The summed E-state index contributed by atoms with van der Waals surface area (Å²) in [5.74, 6) is 1.27. The molecule has 0 aromatic heterocycles. The molecular formula is C18H25N3O4. The molecule has 1 aromatic carbocycles. The number of benzene rings is 1. The van der Waals surface area contributed by atoms with Gasteiger partial charge in [-0.1, -0.05) is 0 Å². The summed E-state index contributed by atoms with van der Waals surface area (Å²) >= 11 is 0. The average Bonchev–Trinajstić information content (AvgIpc) is 3.21. The van der Waals surface area contributed by atoms with Gasteiger partial charge in [-0.2, -0.15) is 0 Å². The van der Waals surface area contributed by atoms with E-state index >= 15 is 0 Å². The topological polar surface area (TPSA) is 71.1 Å². The molecule has 2 aliphatic heterocycles. The number of ether oxygens (including phenoxy) is 2. The van der Waals surface area contributed by atoms with E-state index in [1.165, 1.54) is 0 Å². The summed E-state index contributed by atoms with van der Waals surface area (Å²) in [6.07, 6.45) is 1.95. The van der Waals surface area contributed by atoms with Crippen LogP contribution in [0, 0.1) is 0 Å². The third-order valence-electron chi connectivity index (χ3n) is 4.84. The van der Waals surface area contributed by atoms with Crippen molar-refractivity contribution in [1.82, 2.24) is 15.1 Å². The summed E-state index contributed by atoms with van der Waals surface area (Å²) in [4.78, 5) is 28.8. The second-order valence-corrected chi connectivity index (χ2v) is 6.37. The molecule has 25 heavy (non-hydrogen) atoms. The summed E-state index contributed by atoms with van der Waals surface area (Å²) in [7, 11) is 3.12. The molecule has 0 aliphatic carbocycles. The van der Waals surface area contributed by atoms with Crippen LogP contribution in [0.25, 0.3) is 0 Å². The van der Waals surface area contributed by atoms with E-state index in [1.54, 1.807) is 37.3 Å². The molecular weight excluding hydrogens is 322 g/mol. The Labute approximate surface area is 147 Å². The summed E-state index contributed by atoms with van der Waals surface area (Å²) < 4.78 is 10.5. The zero-order valence-corrected chi connectivity index (χ0v) is 14.8. The Hall–Kier alpha value is -2.28. The first-order chi connectivity index (χ1) is 12.1. The SMILES string of the molecule is COc1cc(OC)cc(C(=O)N2CCN(C(=O)C3CCCN3)CC2)c1. The van der Waals surface area contributed by atoms with Crippen molar-refractivity contribution in [3.8, 4) is 11.5 Å². The molecule has 1 N–H and O–H groups in total. The lowest BCUT2D eigenvalue weighted by molar-refractivity contribution is -0.134. The van der Waals surface area contributed by atoms with Gasteiger partial charge in [0.2, 0.25) is 5.91 Å². The lowest BCUT2D eigenvalue weighted by Crippen LogP contribution is -2.54. The third kappa shape index (κ3) is 3.87. The van der Waals surface area contributed by atoms with Gasteiger partial charge >= 0.3 is 0 Å². The lowest BCUT2D eigenvalue weighted by Gasteiger charge is -2.36. The molecule has 2 fully saturated rings. The predicted octanol–water partition coefficient (Wildman–Crippen LogP) is 0.740. The summed E-state index contributed by atoms with van der Waals surface area (Å²) in [6.45, 7) is 3.13. The summed E-state index contributed by atoms with van der Waals surface area (Å²) in [6, 6.07) is 5.11. The molecule has 2 amide bonds. The maximum atomic E-state index is 12.8. The van der Waals surface area contributed by atoms with Crippen molar-refractivity contribution < 1.29 is 19.1 Å². The van der Waals surface area contributed by atoms with E-state index in [0.29, 0.717) is 43.2 Å². The minimum Gasteiger partial charge on any atom is -0.497 e. The first-order valence-corrected chi connectivity index (χ1v) is 8.67. The molecule has 1 unspecified atom stereocenters. The number of methoxy groups -OCH3 is 2. The largest absolute Gasteiger partial charge is 0.497 e. The molecule has 2 aliphatic rings. The van der Waals surface area contributed by atoms with Gasteiger partial charge in [0.05, 0.1) is 20.3 Å². The van der Waals surface area contributed by atoms with Gasteiger partial charge in [-0.25, -0.2) is 0 Å². The van der Waals surface area contributed by atoms with Crippen LogP contribution in [-0.4, -0.2) is 74.6 Å². The number of rotatable bonds is 4. The van der Waals surface area contributed by atoms with E-state index in [-0.39, 0.29) is 17.9 Å². The Morgan fingerprint density at radius 2 is 1.60 bits per heavy atom. The average molecular weight is 347 g/mol. The highest BCUT2D eigenvalue weighted by Gasteiger charge is 2.30. The Kier molecular flexibility index (Phi) is 5.43. The van der Waals surface area contributed by atoms with E-state index in [1.807, 2.05) is 4.90 Å². The molecule has 0 radical (unpaired) electrons. The molecule has 0 spiro atoms. The normalized spacial score (nSPS) is 20.5. The first kappa shape index (κ1) is 17.5. The standard InChI is InChI=1S/C18H25N3O4/c1-24-14-10-13(11-15(12-14)25-2)17(22)20-6-8-21(9-7-20)18(23)16-4-3-5-19-16/h10-12,16,19H,3-9H2,1-2H3. The van der Waals surface area contributed by atoms with Crippen LogP contribution in [-0.2, 0) is 4.79 Å². The fourth-order valence-corrected chi connectivity index (χ4v) is 3.36. The van der Waals surface area contributed by atoms with Crippen molar-refractivity contribution in [3.05, 3.63) is 23.8 Å². The number of hydrogen-bond acceptors (Lipinski definition) is 5. The Morgan fingerprint density at radius 3 is 2.12 bits per heavy atom. The molecule has 136 valence electrons. The Bertz CT molecular complexity index is 613. The molecule has 0 bridgehead atoms. The van der Waals surface area contributed by atoms with Crippen molar-refractivity contribution in [3.63, 3.8) is 0 Å². The maximum absolute atomic E-state index is 12.8. The lowest BCUT2D eigenvalue weighted by atomic mass is 10.1. The Balaban J connectivity index is 1.62. The fourth-order valence-electron chi connectivity index (χ4n) is 3.36. The molecule has 1 aromatic rings. The van der Waals surface area contributed by atoms with Gasteiger partial charge in [-0.05, 0) is 31.5 Å². The van der Waals surface area contributed by atoms with E-state index < -0.39 is 0 Å². The van der Waals surface area contributed by atoms with Crippen molar-refractivity contribution in [2.45, 2.75) is 18.9 Å². The van der Waals surface area contributed by atoms with Crippen LogP contribution in [0.15, 0.2) is 18.2 Å².